The molecule has 0 amide bonds. The van der Waals surface area contributed by atoms with Crippen LogP contribution in [0.25, 0.3) is 10.8 Å². The molecule has 0 spiro atoms. The van der Waals surface area contributed by atoms with Gasteiger partial charge >= 0.3 is 0 Å². The molecule has 0 radical (unpaired) electrons. The van der Waals surface area contributed by atoms with Crippen LogP contribution in [0.1, 0.15) is 0 Å². The third kappa shape index (κ3) is 1.69. The molecule has 2 rings (SSSR count). The first-order chi connectivity index (χ1) is 8.22. The van der Waals surface area contributed by atoms with E-state index in [1.54, 1.807) is 20.4 Å². The van der Waals surface area contributed by atoms with Gasteiger partial charge in [-0.2, -0.15) is 0 Å². The fraction of sp³-hybridized carbons (Fsp3) is 0.250. The third-order valence-electron chi connectivity index (χ3n) is 2.68. The van der Waals surface area contributed by atoms with E-state index in [2.05, 4.69) is 10.3 Å². The lowest BCUT2D eigenvalue weighted by Gasteiger charge is -2.14. The highest BCUT2D eigenvalue weighted by atomic mass is 16.5. The Morgan fingerprint density at radius 1 is 1.24 bits per heavy atom. The minimum atomic E-state index is 0.549. The van der Waals surface area contributed by atoms with Crippen LogP contribution in [0.4, 0.5) is 11.5 Å². The van der Waals surface area contributed by atoms with Gasteiger partial charge in [-0.3, -0.25) is 0 Å². The van der Waals surface area contributed by atoms with Gasteiger partial charge in [0, 0.05) is 24.0 Å². The van der Waals surface area contributed by atoms with Crippen LogP contribution in [0.15, 0.2) is 18.3 Å². The average molecular weight is 233 g/mol. The van der Waals surface area contributed by atoms with Gasteiger partial charge in [0.15, 0.2) is 11.5 Å². The average Bonchev–Trinajstić information content (AvgIpc) is 2.37. The number of ether oxygens (including phenoxy) is 2. The summed E-state index contributed by atoms with van der Waals surface area (Å²) in [6.45, 7) is 0. The minimum absolute atomic E-state index is 0.549. The second-order valence-corrected chi connectivity index (χ2v) is 3.53. The number of hydrogen-bond acceptors (Lipinski definition) is 5. The van der Waals surface area contributed by atoms with E-state index >= 15 is 0 Å². The number of nitrogens with zero attached hydrogens (tertiary/aromatic N) is 1. The molecule has 5 heteroatoms. The SMILES string of the molecule is CNc1nccc2c(N)c(OC)c(OC)cc12. The number of benzene rings is 1. The number of nitrogens with one attached hydrogen (secondary N) is 1. The van der Waals surface area contributed by atoms with Gasteiger partial charge in [-0.15, -0.1) is 0 Å². The second-order valence-electron chi connectivity index (χ2n) is 3.53. The van der Waals surface area contributed by atoms with Crippen LogP contribution < -0.4 is 20.5 Å². The monoisotopic (exact) mass is 233 g/mol. The van der Waals surface area contributed by atoms with Crippen LogP contribution in [-0.2, 0) is 0 Å². The predicted molar refractivity (Wildman–Crippen MR) is 68.8 cm³/mol. The fourth-order valence-electron chi connectivity index (χ4n) is 1.87. The summed E-state index contributed by atoms with van der Waals surface area (Å²) in [5, 5.41) is 4.82. The van der Waals surface area contributed by atoms with Crippen molar-refractivity contribution < 1.29 is 9.47 Å². The molecular weight excluding hydrogens is 218 g/mol. The Labute approximate surface area is 99.5 Å². The topological polar surface area (TPSA) is 69.4 Å². The summed E-state index contributed by atoms with van der Waals surface area (Å²) < 4.78 is 10.5. The first kappa shape index (κ1) is 11.3. The highest BCUT2D eigenvalue weighted by Gasteiger charge is 2.14. The maximum atomic E-state index is 6.07. The Morgan fingerprint density at radius 3 is 2.59 bits per heavy atom. The van der Waals surface area contributed by atoms with Crippen molar-refractivity contribution in [2.45, 2.75) is 0 Å². The summed E-state index contributed by atoms with van der Waals surface area (Å²) in [6, 6.07) is 3.72. The molecule has 1 heterocycles. The first-order valence-electron chi connectivity index (χ1n) is 5.19. The number of rotatable bonds is 3. The Balaban J connectivity index is 2.84. The van der Waals surface area contributed by atoms with Gasteiger partial charge in [0.05, 0.1) is 19.9 Å². The highest BCUT2D eigenvalue weighted by Crippen LogP contribution is 2.40. The predicted octanol–water partition coefficient (Wildman–Crippen LogP) is 1.88. The van der Waals surface area contributed by atoms with Gasteiger partial charge in [0.2, 0.25) is 0 Å². The molecule has 0 unspecified atom stereocenters. The number of nitrogen functional groups attached to an aromatic ring is 1. The van der Waals surface area contributed by atoms with Crippen molar-refractivity contribution in [3.8, 4) is 11.5 Å². The van der Waals surface area contributed by atoms with Crippen LogP contribution in [0.3, 0.4) is 0 Å². The van der Waals surface area contributed by atoms with E-state index in [-0.39, 0.29) is 0 Å². The molecular formula is C12H15N3O2. The maximum absolute atomic E-state index is 6.07. The lowest BCUT2D eigenvalue weighted by molar-refractivity contribution is 0.357. The molecule has 0 saturated carbocycles. The summed E-state index contributed by atoms with van der Waals surface area (Å²) in [5.74, 6) is 1.91. The lowest BCUT2D eigenvalue weighted by atomic mass is 10.1. The van der Waals surface area contributed by atoms with E-state index in [9.17, 15) is 0 Å². The van der Waals surface area contributed by atoms with Crippen LogP contribution >= 0.6 is 0 Å². The summed E-state index contributed by atoms with van der Waals surface area (Å²) in [5.41, 5.74) is 6.63. The third-order valence-corrected chi connectivity index (χ3v) is 2.68. The molecule has 0 bridgehead atoms. The van der Waals surface area contributed by atoms with Crippen molar-refractivity contribution >= 4 is 22.3 Å². The van der Waals surface area contributed by atoms with E-state index in [0.717, 1.165) is 16.6 Å². The molecule has 0 fully saturated rings. The smallest absolute Gasteiger partial charge is 0.184 e. The van der Waals surface area contributed by atoms with Gasteiger partial charge in [0.1, 0.15) is 5.82 Å². The fourth-order valence-corrected chi connectivity index (χ4v) is 1.87. The van der Waals surface area contributed by atoms with Gasteiger partial charge < -0.3 is 20.5 Å². The largest absolute Gasteiger partial charge is 0.493 e. The second kappa shape index (κ2) is 4.37. The van der Waals surface area contributed by atoms with Gasteiger partial charge in [0.25, 0.3) is 0 Å². The number of nitrogens with two attached hydrogens (primary N) is 1. The quantitative estimate of drug-likeness (QED) is 0.792. The Hall–Kier alpha value is -2.17. The molecule has 0 aliphatic carbocycles. The molecule has 17 heavy (non-hydrogen) atoms. The van der Waals surface area contributed by atoms with Gasteiger partial charge in [-0.1, -0.05) is 0 Å². The number of pyridine rings is 1. The lowest BCUT2D eigenvalue weighted by Crippen LogP contribution is -2.00. The van der Waals surface area contributed by atoms with Crippen LogP contribution in [0.5, 0.6) is 11.5 Å². The molecule has 0 saturated heterocycles. The van der Waals surface area contributed by atoms with Gasteiger partial charge in [-0.25, -0.2) is 4.98 Å². The molecule has 2 aromatic rings. The van der Waals surface area contributed by atoms with Crippen LogP contribution in [0, 0.1) is 0 Å². The highest BCUT2D eigenvalue weighted by molar-refractivity contribution is 6.03. The molecule has 0 aliphatic heterocycles. The molecule has 1 aromatic carbocycles. The van der Waals surface area contributed by atoms with Crippen molar-refractivity contribution in [3.63, 3.8) is 0 Å². The maximum Gasteiger partial charge on any atom is 0.184 e. The first-order valence-corrected chi connectivity index (χ1v) is 5.19. The van der Waals surface area contributed by atoms with Crippen molar-refractivity contribution in [3.05, 3.63) is 18.3 Å². The Morgan fingerprint density at radius 2 is 2.00 bits per heavy atom. The zero-order valence-electron chi connectivity index (χ0n) is 10.1. The molecule has 5 nitrogen and oxygen atoms in total. The Kier molecular flexibility index (Phi) is 2.91. The Bertz CT molecular complexity index is 555. The zero-order chi connectivity index (χ0) is 12.4. The van der Waals surface area contributed by atoms with Crippen molar-refractivity contribution in [1.82, 2.24) is 4.98 Å². The molecule has 90 valence electrons. The molecule has 0 aliphatic rings. The number of methoxy groups -OCH3 is 2. The zero-order valence-corrected chi connectivity index (χ0v) is 10.1. The normalized spacial score (nSPS) is 10.3. The van der Waals surface area contributed by atoms with Gasteiger partial charge in [-0.05, 0) is 12.1 Å². The number of aromatic nitrogens is 1. The summed E-state index contributed by atoms with van der Waals surface area (Å²) in [6.07, 6.45) is 1.70. The molecule has 1 aromatic heterocycles. The number of fused-ring (bicyclic) bond motifs is 1. The number of hydrogen-bond donors (Lipinski definition) is 2. The molecule has 3 N–H and O–H groups in total. The molecule has 0 atom stereocenters. The van der Waals surface area contributed by atoms with Crippen LogP contribution in [-0.4, -0.2) is 26.3 Å². The van der Waals surface area contributed by atoms with E-state index in [1.165, 1.54) is 0 Å². The van der Waals surface area contributed by atoms with Crippen LogP contribution in [0.2, 0.25) is 0 Å². The van der Waals surface area contributed by atoms with Crippen molar-refractivity contribution in [2.75, 3.05) is 32.3 Å². The van der Waals surface area contributed by atoms with Crippen molar-refractivity contribution in [2.24, 2.45) is 0 Å². The summed E-state index contributed by atoms with van der Waals surface area (Å²) in [7, 11) is 4.97. The van der Waals surface area contributed by atoms with E-state index < -0.39 is 0 Å². The number of anilines is 2. The summed E-state index contributed by atoms with van der Waals surface area (Å²) in [4.78, 5) is 4.23. The van der Waals surface area contributed by atoms with E-state index in [4.69, 9.17) is 15.2 Å². The van der Waals surface area contributed by atoms with E-state index in [0.29, 0.717) is 17.2 Å². The minimum Gasteiger partial charge on any atom is -0.493 e. The van der Waals surface area contributed by atoms with E-state index in [1.807, 2.05) is 19.2 Å². The summed E-state index contributed by atoms with van der Waals surface area (Å²) >= 11 is 0. The van der Waals surface area contributed by atoms with Crippen molar-refractivity contribution in [1.29, 1.82) is 0 Å². The standard InChI is InChI=1S/C12H15N3O2/c1-14-12-8-6-9(16-2)11(17-3)10(13)7(8)4-5-15-12/h4-6H,13H2,1-3H3,(H,14,15).